The Labute approximate surface area is 139 Å². The number of anilines is 1. The Kier molecular flexibility index (Phi) is 3.72. The van der Waals surface area contributed by atoms with Gasteiger partial charge in [-0.3, -0.25) is 5.10 Å². The van der Waals surface area contributed by atoms with E-state index in [1.54, 1.807) is 12.1 Å². The highest BCUT2D eigenvalue weighted by molar-refractivity contribution is 5.64. The molecule has 5 nitrogen and oxygen atoms in total. The summed E-state index contributed by atoms with van der Waals surface area (Å²) < 4.78 is 13.2. The molecule has 122 valence electrons. The zero-order valence-electron chi connectivity index (χ0n) is 13.5. The summed E-state index contributed by atoms with van der Waals surface area (Å²) >= 11 is 0. The lowest BCUT2D eigenvalue weighted by atomic mass is 10.0. The number of halogens is 1. The van der Waals surface area contributed by atoms with Crippen molar-refractivity contribution >= 4 is 5.95 Å². The summed E-state index contributed by atoms with van der Waals surface area (Å²) in [4.78, 5) is 11.1. The fourth-order valence-corrected chi connectivity index (χ4v) is 3.08. The van der Waals surface area contributed by atoms with Crippen LogP contribution in [-0.4, -0.2) is 33.3 Å². The van der Waals surface area contributed by atoms with Crippen LogP contribution in [0.15, 0.2) is 36.7 Å². The molecule has 3 aromatic rings. The first-order valence-electron chi connectivity index (χ1n) is 8.06. The molecule has 0 amide bonds. The first-order valence-corrected chi connectivity index (χ1v) is 8.06. The monoisotopic (exact) mass is 323 g/mol. The van der Waals surface area contributed by atoms with E-state index in [1.807, 2.05) is 19.3 Å². The number of hydrogen-bond acceptors (Lipinski definition) is 4. The Hall–Kier alpha value is -2.76. The van der Waals surface area contributed by atoms with Gasteiger partial charge in [-0.2, -0.15) is 5.10 Å². The Morgan fingerprint density at radius 3 is 2.50 bits per heavy atom. The maximum Gasteiger partial charge on any atom is 0.225 e. The zero-order chi connectivity index (χ0) is 16.5. The Bertz CT molecular complexity index is 839. The normalized spacial score (nSPS) is 14.3. The topological polar surface area (TPSA) is 57.7 Å². The Morgan fingerprint density at radius 1 is 1.04 bits per heavy atom. The predicted octanol–water partition coefficient (Wildman–Crippen LogP) is 2.92. The van der Waals surface area contributed by atoms with E-state index in [-0.39, 0.29) is 5.82 Å². The van der Waals surface area contributed by atoms with E-state index in [1.165, 1.54) is 17.7 Å². The predicted molar refractivity (Wildman–Crippen MR) is 90.4 cm³/mol. The van der Waals surface area contributed by atoms with Gasteiger partial charge in [0.05, 0.1) is 5.69 Å². The number of aryl methyl sites for hydroxylation is 1. The summed E-state index contributed by atoms with van der Waals surface area (Å²) in [6, 6.07) is 6.49. The number of hydrogen-bond donors (Lipinski definition) is 1. The molecule has 0 aliphatic carbocycles. The molecule has 0 fully saturated rings. The van der Waals surface area contributed by atoms with Crippen LogP contribution >= 0.6 is 0 Å². The molecular formula is C18H18FN5. The van der Waals surface area contributed by atoms with Gasteiger partial charge in [0.15, 0.2) is 0 Å². The number of rotatable bonds is 2. The molecule has 0 saturated heterocycles. The number of H-pyrrole nitrogens is 1. The molecule has 1 aromatic carbocycles. The van der Waals surface area contributed by atoms with Gasteiger partial charge in [-0.15, -0.1) is 0 Å². The molecule has 0 unspecified atom stereocenters. The summed E-state index contributed by atoms with van der Waals surface area (Å²) in [6.45, 7) is 3.67. The highest BCUT2D eigenvalue weighted by Gasteiger charge is 2.21. The van der Waals surface area contributed by atoms with Crippen LogP contribution in [0.3, 0.4) is 0 Å². The largest absolute Gasteiger partial charge is 0.340 e. The van der Waals surface area contributed by atoms with Crippen molar-refractivity contribution in [2.75, 3.05) is 18.0 Å². The molecule has 1 aliphatic heterocycles. The van der Waals surface area contributed by atoms with Gasteiger partial charge in [0.1, 0.15) is 5.82 Å². The van der Waals surface area contributed by atoms with Crippen LogP contribution in [0.4, 0.5) is 10.3 Å². The second-order valence-electron chi connectivity index (χ2n) is 6.08. The van der Waals surface area contributed by atoms with E-state index < -0.39 is 0 Å². The van der Waals surface area contributed by atoms with Crippen molar-refractivity contribution in [1.29, 1.82) is 0 Å². The third kappa shape index (κ3) is 2.75. The van der Waals surface area contributed by atoms with Crippen molar-refractivity contribution in [3.05, 3.63) is 59.3 Å². The van der Waals surface area contributed by atoms with Crippen molar-refractivity contribution in [3.8, 4) is 11.3 Å². The van der Waals surface area contributed by atoms with E-state index in [9.17, 15) is 4.39 Å². The molecule has 1 aliphatic rings. The van der Waals surface area contributed by atoms with Gasteiger partial charge >= 0.3 is 0 Å². The number of benzene rings is 1. The molecular weight excluding hydrogens is 305 g/mol. The maximum atomic E-state index is 13.2. The van der Waals surface area contributed by atoms with Gasteiger partial charge in [-0.05, 0) is 43.2 Å². The number of aromatic nitrogens is 4. The van der Waals surface area contributed by atoms with Crippen LogP contribution in [-0.2, 0) is 12.8 Å². The molecule has 6 heteroatoms. The summed E-state index contributed by atoms with van der Waals surface area (Å²) in [5.74, 6) is 0.533. The van der Waals surface area contributed by atoms with E-state index >= 15 is 0 Å². The maximum absolute atomic E-state index is 13.2. The minimum absolute atomic E-state index is 0.233. The third-order valence-electron chi connectivity index (χ3n) is 4.38. The van der Waals surface area contributed by atoms with Crippen molar-refractivity contribution < 1.29 is 4.39 Å². The van der Waals surface area contributed by atoms with Crippen LogP contribution in [0.25, 0.3) is 11.3 Å². The van der Waals surface area contributed by atoms with E-state index in [0.717, 1.165) is 54.4 Å². The van der Waals surface area contributed by atoms with Gasteiger partial charge in [0.25, 0.3) is 0 Å². The third-order valence-corrected chi connectivity index (χ3v) is 4.38. The zero-order valence-corrected chi connectivity index (χ0v) is 13.5. The van der Waals surface area contributed by atoms with E-state index in [2.05, 4.69) is 25.1 Å². The van der Waals surface area contributed by atoms with Crippen LogP contribution in [0.1, 0.15) is 16.8 Å². The molecule has 0 saturated carbocycles. The minimum atomic E-state index is -0.233. The quantitative estimate of drug-likeness (QED) is 0.788. The highest BCUT2D eigenvalue weighted by atomic mass is 19.1. The van der Waals surface area contributed by atoms with Gasteiger partial charge in [0.2, 0.25) is 5.95 Å². The van der Waals surface area contributed by atoms with Gasteiger partial charge < -0.3 is 4.90 Å². The standard InChI is InChI=1S/C18H18FN5/c1-12-10-20-18(21-11-12)24-8-6-15-16(7-9-24)22-23-17(15)13-2-4-14(19)5-3-13/h2-5,10-11H,6-9H2,1H3,(H,22,23). The summed E-state index contributed by atoms with van der Waals surface area (Å²) in [5.41, 5.74) is 5.26. The van der Waals surface area contributed by atoms with Crippen molar-refractivity contribution in [2.24, 2.45) is 0 Å². The van der Waals surface area contributed by atoms with Gasteiger partial charge in [-0.25, -0.2) is 14.4 Å². The molecule has 0 spiro atoms. The van der Waals surface area contributed by atoms with Crippen LogP contribution in [0, 0.1) is 12.7 Å². The lowest BCUT2D eigenvalue weighted by Crippen LogP contribution is -2.28. The molecule has 0 atom stereocenters. The Morgan fingerprint density at radius 2 is 1.75 bits per heavy atom. The first kappa shape index (κ1) is 14.8. The van der Waals surface area contributed by atoms with Crippen LogP contribution < -0.4 is 4.90 Å². The summed E-state index contributed by atoms with van der Waals surface area (Å²) in [7, 11) is 0. The molecule has 4 rings (SSSR count). The van der Waals surface area contributed by atoms with E-state index in [4.69, 9.17) is 0 Å². The second-order valence-corrected chi connectivity index (χ2v) is 6.08. The fraction of sp³-hybridized carbons (Fsp3) is 0.278. The van der Waals surface area contributed by atoms with Gasteiger partial charge in [0, 0.05) is 48.7 Å². The number of fused-ring (bicyclic) bond motifs is 1. The van der Waals surface area contributed by atoms with E-state index in [0.29, 0.717) is 0 Å². The number of aromatic amines is 1. The number of nitrogens with one attached hydrogen (secondary N) is 1. The average Bonchev–Trinajstić information content (AvgIpc) is 2.88. The summed E-state index contributed by atoms with van der Waals surface area (Å²) in [6.07, 6.45) is 5.41. The smallest absolute Gasteiger partial charge is 0.225 e. The average molecular weight is 323 g/mol. The van der Waals surface area contributed by atoms with Crippen LogP contribution in [0.2, 0.25) is 0 Å². The van der Waals surface area contributed by atoms with Crippen molar-refractivity contribution in [3.63, 3.8) is 0 Å². The molecule has 24 heavy (non-hydrogen) atoms. The number of nitrogens with zero attached hydrogens (tertiary/aromatic N) is 4. The Balaban J connectivity index is 1.59. The van der Waals surface area contributed by atoms with Crippen LogP contribution in [0.5, 0.6) is 0 Å². The molecule has 0 bridgehead atoms. The highest BCUT2D eigenvalue weighted by Crippen LogP contribution is 2.27. The summed E-state index contributed by atoms with van der Waals surface area (Å²) in [5, 5.41) is 7.60. The SMILES string of the molecule is Cc1cnc(N2CCc3[nH]nc(-c4ccc(F)cc4)c3CC2)nc1. The molecule has 2 aromatic heterocycles. The second kappa shape index (κ2) is 6.03. The first-order chi connectivity index (χ1) is 11.7. The minimum Gasteiger partial charge on any atom is -0.340 e. The molecule has 3 heterocycles. The lowest BCUT2D eigenvalue weighted by Gasteiger charge is -2.19. The molecule has 0 radical (unpaired) electrons. The van der Waals surface area contributed by atoms with Crippen molar-refractivity contribution in [2.45, 2.75) is 19.8 Å². The lowest BCUT2D eigenvalue weighted by molar-refractivity contribution is 0.628. The van der Waals surface area contributed by atoms with Crippen molar-refractivity contribution in [1.82, 2.24) is 20.2 Å². The fourth-order valence-electron chi connectivity index (χ4n) is 3.08. The molecule has 1 N–H and O–H groups in total. The van der Waals surface area contributed by atoms with Gasteiger partial charge in [-0.1, -0.05) is 0 Å².